The molecule has 0 bridgehead atoms. The van der Waals surface area contributed by atoms with Crippen LogP contribution in [0.2, 0.25) is 0 Å². The van der Waals surface area contributed by atoms with Crippen LogP contribution >= 0.6 is 23.5 Å². The smallest absolute Gasteiger partial charge is 0.313 e. The van der Waals surface area contributed by atoms with Gasteiger partial charge in [0.2, 0.25) is 0 Å². The topological polar surface area (TPSA) is 68.0 Å². The van der Waals surface area contributed by atoms with Gasteiger partial charge in [-0.1, -0.05) is 11.8 Å². The highest BCUT2D eigenvalue weighted by Crippen LogP contribution is 2.16. The van der Waals surface area contributed by atoms with Crippen LogP contribution in [0.1, 0.15) is 5.82 Å². The Morgan fingerprint density at radius 2 is 2.27 bits per heavy atom. The van der Waals surface area contributed by atoms with Crippen LogP contribution in [-0.4, -0.2) is 43.6 Å². The summed E-state index contributed by atoms with van der Waals surface area (Å²) in [5.41, 5.74) is 0. The number of aromatic nitrogens is 3. The molecular formula is C8H13N3O2S2. The number of carboxylic acid groups (broad SMARTS) is 1. The Morgan fingerprint density at radius 1 is 1.53 bits per heavy atom. The molecule has 15 heavy (non-hydrogen) atoms. The zero-order valence-electron chi connectivity index (χ0n) is 8.63. The molecule has 0 aromatic carbocycles. The van der Waals surface area contributed by atoms with Gasteiger partial charge in [0.25, 0.3) is 0 Å². The SMILES string of the molecule is CSCCn1c(C)nnc1SCC(=O)O. The van der Waals surface area contributed by atoms with Crippen LogP contribution in [-0.2, 0) is 11.3 Å². The largest absolute Gasteiger partial charge is 0.481 e. The molecule has 1 heterocycles. The minimum Gasteiger partial charge on any atom is -0.481 e. The van der Waals surface area contributed by atoms with E-state index in [-0.39, 0.29) is 5.75 Å². The van der Waals surface area contributed by atoms with Gasteiger partial charge < -0.3 is 9.67 Å². The highest BCUT2D eigenvalue weighted by molar-refractivity contribution is 7.99. The van der Waals surface area contributed by atoms with Crippen molar-refractivity contribution in [3.05, 3.63) is 5.82 Å². The molecule has 0 unspecified atom stereocenters. The average Bonchev–Trinajstić information content (AvgIpc) is 2.53. The molecule has 1 rings (SSSR count). The van der Waals surface area contributed by atoms with Crippen LogP contribution in [0.15, 0.2) is 5.16 Å². The zero-order chi connectivity index (χ0) is 11.3. The third-order valence-corrected chi connectivity index (χ3v) is 3.29. The van der Waals surface area contributed by atoms with Gasteiger partial charge in [0, 0.05) is 12.3 Å². The fourth-order valence-corrected chi connectivity index (χ4v) is 2.13. The quantitative estimate of drug-likeness (QED) is 0.760. The zero-order valence-corrected chi connectivity index (χ0v) is 10.3. The second-order valence-electron chi connectivity index (χ2n) is 2.86. The van der Waals surface area contributed by atoms with Gasteiger partial charge in [0.05, 0.1) is 5.75 Å². The maximum atomic E-state index is 10.4. The molecule has 0 spiro atoms. The molecule has 0 radical (unpaired) electrons. The van der Waals surface area contributed by atoms with Crippen molar-refractivity contribution in [3.8, 4) is 0 Å². The molecule has 0 fully saturated rings. The number of aliphatic carboxylic acids is 1. The molecule has 0 atom stereocenters. The Morgan fingerprint density at radius 3 is 2.87 bits per heavy atom. The van der Waals surface area contributed by atoms with Crippen LogP contribution in [0.4, 0.5) is 0 Å². The predicted molar refractivity (Wildman–Crippen MR) is 61.5 cm³/mol. The molecular weight excluding hydrogens is 234 g/mol. The van der Waals surface area contributed by atoms with E-state index in [1.807, 2.05) is 17.7 Å². The van der Waals surface area contributed by atoms with Crippen LogP contribution < -0.4 is 0 Å². The highest BCUT2D eigenvalue weighted by Gasteiger charge is 2.10. The van der Waals surface area contributed by atoms with E-state index < -0.39 is 5.97 Å². The lowest BCUT2D eigenvalue weighted by Gasteiger charge is -2.05. The Kier molecular flexibility index (Phi) is 4.97. The number of carboxylic acids is 1. The Balaban J connectivity index is 2.65. The highest BCUT2D eigenvalue weighted by atomic mass is 32.2. The molecule has 1 aromatic heterocycles. The maximum absolute atomic E-state index is 10.4. The number of aryl methyl sites for hydroxylation is 1. The first kappa shape index (κ1) is 12.4. The lowest BCUT2D eigenvalue weighted by molar-refractivity contribution is -0.133. The maximum Gasteiger partial charge on any atom is 0.313 e. The molecule has 84 valence electrons. The van der Waals surface area contributed by atoms with Gasteiger partial charge in [-0.2, -0.15) is 11.8 Å². The molecule has 0 amide bonds. The van der Waals surface area contributed by atoms with E-state index in [9.17, 15) is 4.79 Å². The minimum absolute atomic E-state index is 0.0252. The number of thioether (sulfide) groups is 2. The third kappa shape index (κ3) is 3.75. The second kappa shape index (κ2) is 6.02. The summed E-state index contributed by atoms with van der Waals surface area (Å²) >= 11 is 2.95. The molecule has 7 heteroatoms. The molecule has 0 aliphatic rings. The lowest BCUT2D eigenvalue weighted by atomic mass is 10.6. The molecule has 0 aliphatic heterocycles. The van der Waals surface area contributed by atoms with Crippen LogP contribution in [0, 0.1) is 6.92 Å². The number of rotatable bonds is 6. The molecule has 1 N–H and O–H groups in total. The van der Waals surface area contributed by atoms with Gasteiger partial charge in [0.15, 0.2) is 5.16 Å². The van der Waals surface area contributed by atoms with E-state index >= 15 is 0 Å². The first-order chi connectivity index (χ1) is 7.15. The van der Waals surface area contributed by atoms with E-state index in [1.165, 1.54) is 11.8 Å². The minimum atomic E-state index is -0.836. The fourth-order valence-electron chi connectivity index (χ4n) is 1.03. The van der Waals surface area contributed by atoms with E-state index in [2.05, 4.69) is 10.2 Å². The summed E-state index contributed by atoms with van der Waals surface area (Å²) in [6.07, 6.45) is 2.03. The average molecular weight is 247 g/mol. The van der Waals surface area contributed by atoms with Gasteiger partial charge in [0.1, 0.15) is 5.82 Å². The van der Waals surface area contributed by atoms with Crippen molar-refractivity contribution in [2.45, 2.75) is 18.6 Å². The summed E-state index contributed by atoms with van der Waals surface area (Å²) < 4.78 is 1.95. The van der Waals surface area contributed by atoms with Crippen molar-refractivity contribution in [2.75, 3.05) is 17.8 Å². The summed E-state index contributed by atoms with van der Waals surface area (Å²) in [6.45, 7) is 2.69. The normalized spacial score (nSPS) is 10.5. The molecule has 0 aliphatic carbocycles. The fraction of sp³-hybridized carbons (Fsp3) is 0.625. The Labute approximate surface area is 96.6 Å². The van der Waals surface area contributed by atoms with Crippen LogP contribution in [0.5, 0.6) is 0 Å². The van der Waals surface area contributed by atoms with Crippen molar-refractivity contribution in [3.63, 3.8) is 0 Å². The van der Waals surface area contributed by atoms with Crippen molar-refractivity contribution in [2.24, 2.45) is 0 Å². The monoisotopic (exact) mass is 247 g/mol. The van der Waals surface area contributed by atoms with E-state index in [0.717, 1.165) is 18.1 Å². The van der Waals surface area contributed by atoms with Gasteiger partial charge in [-0.05, 0) is 13.2 Å². The molecule has 0 saturated carbocycles. The van der Waals surface area contributed by atoms with Gasteiger partial charge in [-0.25, -0.2) is 0 Å². The lowest BCUT2D eigenvalue weighted by Crippen LogP contribution is -2.06. The van der Waals surface area contributed by atoms with Crippen molar-refractivity contribution < 1.29 is 9.90 Å². The number of hydrogen-bond acceptors (Lipinski definition) is 5. The predicted octanol–water partition coefficient (Wildman–Crippen LogP) is 1.13. The first-order valence-electron chi connectivity index (χ1n) is 4.38. The second-order valence-corrected chi connectivity index (χ2v) is 4.78. The van der Waals surface area contributed by atoms with Crippen molar-refractivity contribution in [1.82, 2.24) is 14.8 Å². The summed E-state index contributed by atoms with van der Waals surface area (Å²) in [5, 5.41) is 17.1. The van der Waals surface area contributed by atoms with Crippen LogP contribution in [0.3, 0.4) is 0 Å². The summed E-state index contributed by atoms with van der Waals surface area (Å²) in [7, 11) is 0. The van der Waals surface area contributed by atoms with Gasteiger partial charge >= 0.3 is 5.97 Å². The van der Waals surface area contributed by atoms with Crippen LogP contribution in [0.25, 0.3) is 0 Å². The van der Waals surface area contributed by atoms with Gasteiger partial charge in [-0.15, -0.1) is 10.2 Å². The summed E-state index contributed by atoms with van der Waals surface area (Å²) in [6, 6.07) is 0. The van der Waals surface area contributed by atoms with E-state index in [4.69, 9.17) is 5.11 Å². The molecule has 0 saturated heterocycles. The van der Waals surface area contributed by atoms with E-state index in [0.29, 0.717) is 5.16 Å². The Bertz CT molecular complexity index is 341. The number of hydrogen-bond donors (Lipinski definition) is 1. The standard InChI is InChI=1S/C8H13N3O2S2/c1-6-9-10-8(15-5-7(12)13)11(6)3-4-14-2/h3-5H2,1-2H3,(H,12,13). The molecule has 1 aromatic rings. The first-order valence-corrected chi connectivity index (χ1v) is 6.76. The summed E-state index contributed by atoms with van der Waals surface area (Å²) in [5.74, 6) is 0.991. The van der Waals surface area contributed by atoms with Crippen molar-refractivity contribution in [1.29, 1.82) is 0 Å². The molecule has 5 nitrogen and oxygen atoms in total. The third-order valence-electron chi connectivity index (χ3n) is 1.75. The van der Waals surface area contributed by atoms with Crippen molar-refractivity contribution >= 4 is 29.5 Å². The summed E-state index contributed by atoms with van der Waals surface area (Å²) in [4.78, 5) is 10.4. The van der Waals surface area contributed by atoms with Gasteiger partial charge in [-0.3, -0.25) is 4.79 Å². The van der Waals surface area contributed by atoms with E-state index in [1.54, 1.807) is 11.8 Å². The Hall–Kier alpha value is -0.690. The number of nitrogens with zero attached hydrogens (tertiary/aromatic N) is 3. The number of carbonyl (C=O) groups is 1.